The number of halogens is 2. The fourth-order valence-corrected chi connectivity index (χ4v) is 3.22. The minimum absolute atomic E-state index is 0.149. The van der Waals surface area contributed by atoms with Gasteiger partial charge in [0.05, 0.1) is 33.2 Å². The molecule has 1 aliphatic heterocycles. The van der Waals surface area contributed by atoms with Gasteiger partial charge in [-0.25, -0.2) is 0 Å². The van der Waals surface area contributed by atoms with Crippen molar-refractivity contribution in [2.45, 2.75) is 6.54 Å². The van der Waals surface area contributed by atoms with Gasteiger partial charge in [0.1, 0.15) is 0 Å². The lowest BCUT2D eigenvalue weighted by atomic mass is 10.1. The lowest BCUT2D eigenvalue weighted by Gasteiger charge is -2.15. The van der Waals surface area contributed by atoms with Crippen LogP contribution in [-0.4, -0.2) is 21.7 Å². The molecule has 4 rings (SSSR count). The van der Waals surface area contributed by atoms with E-state index in [1.54, 1.807) is 6.20 Å². The van der Waals surface area contributed by atoms with Gasteiger partial charge in [0, 0.05) is 11.6 Å². The van der Waals surface area contributed by atoms with E-state index in [9.17, 15) is 9.59 Å². The van der Waals surface area contributed by atoms with Gasteiger partial charge < -0.3 is 0 Å². The number of rotatable bonds is 2. The summed E-state index contributed by atoms with van der Waals surface area (Å²) in [6.07, 6.45) is 1.69. The third kappa shape index (κ3) is 2.27. The normalized spacial score (nSPS) is 13.7. The molecule has 2 amide bonds. The van der Waals surface area contributed by atoms with Crippen LogP contribution in [0, 0.1) is 0 Å². The second-order valence-corrected chi connectivity index (χ2v) is 6.32. The zero-order chi connectivity index (χ0) is 16.8. The Morgan fingerprint density at radius 3 is 2.21 bits per heavy atom. The molecule has 0 atom stereocenters. The van der Waals surface area contributed by atoms with E-state index in [0.717, 1.165) is 16.5 Å². The van der Waals surface area contributed by atoms with Gasteiger partial charge in [0.15, 0.2) is 0 Å². The molecule has 0 unspecified atom stereocenters. The van der Waals surface area contributed by atoms with Gasteiger partial charge in [-0.3, -0.25) is 19.5 Å². The summed E-state index contributed by atoms with van der Waals surface area (Å²) in [7, 11) is 0. The van der Waals surface area contributed by atoms with Gasteiger partial charge in [0.25, 0.3) is 11.8 Å². The summed E-state index contributed by atoms with van der Waals surface area (Å²) in [4.78, 5) is 30.7. The molecule has 2 aromatic carbocycles. The highest BCUT2D eigenvalue weighted by molar-refractivity contribution is 6.43. The lowest BCUT2D eigenvalue weighted by Crippen LogP contribution is -2.29. The van der Waals surface area contributed by atoms with Gasteiger partial charge in [-0.15, -0.1) is 0 Å². The van der Waals surface area contributed by atoms with Crippen molar-refractivity contribution in [3.05, 3.63) is 75.4 Å². The highest BCUT2D eigenvalue weighted by atomic mass is 35.5. The molecule has 0 saturated carbocycles. The van der Waals surface area contributed by atoms with Crippen LogP contribution in [0.5, 0.6) is 0 Å². The number of hydrogen-bond acceptors (Lipinski definition) is 3. The third-order valence-corrected chi connectivity index (χ3v) is 4.78. The minimum atomic E-state index is -0.374. The highest BCUT2D eigenvalue weighted by Gasteiger charge is 2.36. The van der Waals surface area contributed by atoms with Crippen molar-refractivity contribution in [1.29, 1.82) is 0 Å². The molecular formula is C18H10Cl2N2O2. The molecular weight excluding hydrogens is 347 g/mol. The number of nitrogens with zero attached hydrogens (tertiary/aromatic N) is 2. The number of benzene rings is 2. The summed E-state index contributed by atoms with van der Waals surface area (Å²) >= 11 is 11.9. The third-order valence-electron chi connectivity index (χ3n) is 4.06. The van der Waals surface area contributed by atoms with Crippen LogP contribution in [0.25, 0.3) is 10.9 Å². The van der Waals surface area contributed by atoms with E-state index in [1.165, 1.54) is 17.0 Å². The molecule has 0 radical (unpaired) electrons. The first-order valence-corrected chi connectivity index (χ1v) is 8.00. The molecule has 4 nitrogen and oxygen atoms in total. The molecule has 3 aromatic rings. The van der Waals surface area contributed by atoms with Crippen LogP contribution in [0.3, 0.4) is 0 Å². The maximum Gasteiger partial charge on any atom is 0.261 e. The monoisotopic (exact) mass is 356 g/mol. The van der Waals surface area contributed by atoms with Crippen LogP contribution in [0.2, 0.25) is 10.0 Å². The molecule has 24 heavy (non-hydrogen) atoms. The van der Waals surface area contributed by atoms with E-state index >= 15 is 0 Å². The number of pyridine rings is 1. The first kappa shape index (κ1) is 15.1. The molecule has 0 aliphatic carbocycles. The number of imide groups is 1. The van der Waals surface area contributed by atoms with Crippen molar-refractivity contribution < 1.29 is 9.59 Å². The average Bonchev–Trinajstić information content (AvgIpc) is 2.80. The van der Waals surface area contributed by atoms with Crippen LogP contribution >= 0.6 is 23.2 Å². The molecule has 6 heteroatoms. The van der Waals surface area contributed by atoms with Gasteiger partial charge in [-0.1, -0.05) is 47.5 Å². The molecule has 2 heterocycles. The van der Waals surface area contributed by atoms with Crippen LogP contribution in [0.1, 0.15) is 26.3 Å². The quantitative estimate of drug-likeness (QED) is 0.641. The Labute approximate surface area is 147 Å². The van der Waals surface area contributed by atoms with E-state index in [0.29, 0.717) is 0 Å². The second-order valence-electron chi connectivity index (χ2n) is 5.50. The van der Waals surface area contributed by atoms with Crippen molar-refractivity contribution in [2.75, 3.05) is 0 Å². The summed E-state index contributed by atoms with van der Waals surface area (Å²) in [5.41, 5.74) is 2.14. The summed E-state index contributed by atoms with van der Waals surface area (Å²) in [6.45, 7) is 0.149. The summed E-state index contributed by atoms with van der Waals surface area (Å²) in [5.74, 6) is -0.747. The number of hydrogen-bond donors (Lipinski definition) is 0. The van der Waals surface area contributed by atoms with E-state index in [-0.39, 0.29) is 39.5 Å². The number of aromatic nitrogens is 1. The Bertz CT molecular complexity index is 971. The molecule has 0 saturated heterocycles. The van der Waals surface area contributed by atoms with Crippen LogP contribution in [0.15, 0.2) is 48.7 Å². The summed E-state index contributed by atoms with van der Waals surface area (Å²) in [6, 6.07) is 12.4. The highest BCUT2D eigenvalue weighted by Crippen LogP contribution is 2.32. The van der Waals surface area contributed by atoms with Gasteiger partial charge >= 0.3 is 0 Å². The smallest absolute Gasteiger partial charge is 0.261 e. The maximum atomic E-state index is 12.6. The predicted octanol–water partition coefficient (Wildman–Crippen LogP) is 4.34. The average molecular weight is 357 g/mol. The number of carbonyl (C=O) groups is 2. The van der Waals surface area contributed by atoms with Gasteiger partial charge in [-0.2, -0.15) is 0 Å². The Hall–Kier alpha value is -2.43. The predicted molar refractivity (Wildman–Crippen MR) is 92.4 cm³/mol. The van der Waals surface area contributed by atoms with Crippen molar-refractivity contribution in [3.63, 3.8) is 0 Å². The van der Waals surface area contributed by atoms with E-state index < -0.39 is 0 Å². The van der Waals surface area contributed by atoms with E-state index in [2.05, 4.69) is 4.98 Å². The summed E-state index contributed by atoms with van der Waals surface area (Å²) < 4.78 is 0. The summed E-state index contributed by atoms with van der Waals surface area (Å²) in [5, 5.41) is 1.47. The van der Waals surface area contributed by atoms with Crippen molar-refractivity contribution >= 4 is 45.9 Å². The molecule has 1 aliphatic rings. The lowest BCUT2D eigenvalue weighted by molar-refractivity contribution is 0.0643. The largest absolute Gasteiger partial charge is 0.270 e. The number of carbonyl (C=O) groups excluding carboxylic acids is 2. The van der Waals surface area contributed by atoms with Crippen molar-refractivity contribution in [1.82, 2.24) is 9.88 Å². The number of amides is 2. The molecule has 0 N–H and O–H groups in total. The molecule has 118 valence electrons. The SMILES string of the molecule is O=C1c2cc(Cl)c(Cl)cc2C(=O)N1Cc1cccc2cccnc12. The Morgan fingerprint density at radius 2 is 1.54 bits per heavy atom. The van der Waals surface area contributed by atoms with Crippen molar-refractivity contribution in [2.24, 2.45) is 0 Å². The Morgan fingerprint density at radius 1 is 0.917 bits per heavy atom. The van der Waals surface area contributed by atoms with Gasteiger partial charge in [0.2, 0.25) is 0 Å². The fourth-order valence-electron chi connectivity index (χ4n) is 2.89. The fraction of sp³-hybridized carbons (Fsp3) is 0.0556. The molecule has 0 spiro atoms. The Balaban J connectivity index is 1.76. The van der Waals surface area contributed by atoms with E-state index in [4.69, 9.17) is 23.2 Å². The molecule has 0 bridgehead atoms. The van der Waals surface area contributed by atoms with Crippen LogP contribution < -0.4 is 0 Å². The van der Waals surface area contributed by atoms with Gasteiger partial charge in [-0.05, 0) is 23.8 Å². The first-order chi connectivity index (χ1) is 11.6. The van der Waals surface area contributed by atoms with Crippen molar-refractivity contribution in [3.8, 4) is 0 Å². The van der Waals surface area contributed by atoms with E-state index in [1.807, 2.05) is 30.3 Å². The number of para-hydroxylation sites is 1. The number of fused-ring (bicyclic) bond motifs is 2. The zero-order valence-corrected chi connectivity index (χ0v) is 13.8. The standard InChI is InChI=1S/C18H10Cl2N2O2/c19-14-7-12-13(8-15(14)20)18(24)22(17(12)23)9-11-4-1-3-10-5-2-6-21-16(10)11/h1-8H,9H2. The minimum Gasteiger partial charge on any atom is -0.270 e. The zero-order valence-electron chi connectivity index (χ0n) is 12.3. The Kier molecular flexibility index (Phi) is 3.52. The van der Waals surface area contributed by atoms with Crippen LogP contribution in [-0.2, 0) is 6.54 Å². The van der Waals surface area contributed by atoms with Crippen LogP contribution in [0.4, 0.5) is 0 Å². The second kappa shape index (κ2) is 5.58. The molecule has 0 fully saturated rings. The molecule has 1 aromatic heterocycles. The maximum absolute atomic E-state index is 12.6. The first-order valence-electron chi connectivity index (χ1n) is 7.24. The topological polar surface area (TPSA) is 50.3 Å².